The van der Waals surface area contributed by atoms with Gasteiger partial charge in [0.1, 0.15) is 0 Å². The maximum atomic E-state index is 5.97. The number of likely N-dealkylation sites (tertiary alicyclic amines) is 1. The largest absolute Gasteiger partial charge is 0.405 e. The van der Waals surface area contributed by atoms with Gasteiger partial charge < -0.3 is 16.4 Å². The van der Waals surface area contributed by atoms with Crippen molar-refractivity contribution >= 4 is 12.7 Å². The van der Waals surface area contributed by atoms with E-state index >= 15 is 0 Å². The van der Waals surface area contributed by atoms with Crippen LogP contribution in [0.15, 0.2) is 24.4 Å². The van der Waals surface area contributed by atoms with Crippen molar-refractivity contribution in [3.05, 3.63) is 41.1 Å². The fourth-order valence-corrected chi connectivity index (χ4v) is 3.89. The molecule has 3 nitrogen and oxygen atoms in total. The summed E-state index contributed by atoms with van der Waals surface area (Å²) in [5.41, 5.74) is 17.7. The van der Waals surface area contributed by atoms with Gasteiger partial charge in [-0.25, -0.2) is 0 Å². The second-order valence-electron chi connectivity index (χ2n) is 6.68. The van der Waals surface area contributed by atoms with Crippen molar-refractivity contribution in [2.24, 2.45) is 17.4 Å². The summed E-state index contributed by atoms with van der Waals surface area (Å²) in [5.74, 6) is 0.789. The van der Waals surface area contributed by atoms with Gasteiger partial charge in [-0.05, 0) is 37.4 Å². The van der Waals surface area contributed by atoms with Crippen LogP contribution < -0.4 is 16.9 Å². The number of aryl methyl sites for hydroxylation is 1. The summed E-state index contributed by atoms with van der Waals surface area (Å²) in [6, 6.07) is 4.80. The third-order valence-corrected chi connectivity index (χ3v) is 5.05. The molecule has 0 amide bonds. The minimum atomic E-state index is 0.0673. The summed E-state index contributed by atoms with van der Waals surface area (Å²) >= 11 is 0. The SMILES string of the molecule is Cc1c(CC2CN(CC(N)/C=C\N)C2)ccc2c1BCC2. The predicted molar refractivity (Wildman–Crippen MR) is 91.4 cm³/mol. The molecule has 0 saturated carbocycles. The second kappa shape index (κ2) is 6.24. The zero-order valence-electron chi connectivity index (χ0n) is 13.0. The van der Waals surface area contributed by atoms with Crippen LogP contribution in [0.2, 0.25) is 6.32 Å². The van der Waals surface area contributed by atoms with E-state index in [0.717, 1.165) is 12.5 Å². The van der Waals surface area contributed by atoms with Crippen molar-refractivity contribution < 1.29 is 0 Å². The van der Waals surface area contributed by atoms with E-state index in [-0.39, 0.29) is 6.04 Å². The average molecular weight is 283 g/mol. The molecule has 1 unspecified atom stereocenters. The topological polar surface area (TPSA) is 55.3 Å². The first-order valence-electron chi connectivity index (χ1n) is 8.14. The highest BCUT2D eigenvalue weighted by atomic mass is 15.2. The average Bonchev–Trinajstić information content (AvgIpc) is 2.88. The summed E-state index contributed by atoms with van der Waals surface area (Å²) in [4.78, 5) is 2.43. The zero-order chi connectivity index (χ0) is 14.8. The van der Waals surface area contributed by atoms with Crippen molar-refractivity contribution in [3.8, 4) is 0 Å². The Hall–Kier alpha value is -1.26. The number of fused-ring (bicyclic) bond motifs is 1. The van der Waals surface area contributed by atoms with Gasteiger partial charge in [0, 0.05) is 25.7 Å². The van der Waals surface area contributed by atoms with Crippen LogP contribution in [0.4, 0.5) is 0 Å². The fourth-order valence-electron chi connectivity index (χ4n) is 3.89. The lowest BCUT2D eigenvalue weighted by Gasteiger charge is -2.40. The highest BCUT2D eigenvalue weighted by Crippen LogP contribution is 2.23. The molecule has 1 aromatic rings. The highest BCUT2D eigenvalue weighted by Gasteiger charge is 2.28. The number of hydrogen-bond donors (Lipinski definition) is 2. The lowest BCUT2D eigenvalue weighted by Crippen LogP contribution is -2.51. The van der Waals surface area contributed by atoms with Gasteiger partial charge in [0.05, 0.1) is 0 Å². The Morgan fingerprint density at radius 2 is 2.24 bits per heavy atom. The molecule has 112 valence electrons. The number of rotatable bonds is 5. The van der Waals surface area contributed by atoms with Gasteiger partial charge in [-0.3, -0.25) is 0 Å². The lowest BCUT2D eigenvalue weighted by atomic mass is 9.69. The van der Waals surface area contributed by atoms with Gasteiger partial charge in [0.2, 0.25) is 0 Å². The van der Waals surface area contributed by atoms with Gasteiger partial charge in [-0.1, -0.05) is 41.1 Å². The van der Waals surface area contributed by atoms with E-state index in [2.05, 4.69) is 24.0 Å². The monoisotopic (exact) mass is 283 g/mol. The Balaban J connectivity index is 1.53. The van der Waals surface area contributed by atoms with Gasteiger partial charge in [0.25, 0.3) is 0 Å². The van der Waals surface area contributed by atoms with Crippen molar-refractivity contribution in [1.82, 2.24) is 4.90 Å². The maximum absolute atomic E-state index is 5.97. The van der Waals surface area contributed by atoms with Gasteiger partial charge in [-0.2, -0.15) is 0 Å². The molecule has 2 aliphatic rings. The van der Waals surface area contributed by atoms with Gasteiger partial charge >= 0.3 is 0 Å². The second-order valence-corrected chi connectivity index (χ2v) is 6.68. The summed E-state index contributed by atoms with van der Waals surface area (Å²) < 4.78 is 0. The van der Waals surface area contributed by atoms with Gasteiger partial charge in [0.15, 0.2) is 7.28 Å². The molecule has 2 aliphatic heterocycles. The van der Waals surface area contributed by atoms with Crippen LogP contribution >= 0.6 is 0 Å². The third kappa shape index (κ3) is 3.17. The minimum absolute atomic E-state index is 0.0673. The summed E-state index contributed by atoms with van der Waals surface area (Å²) in [6.45, 7) is 5.58. The Bertz CT molecular complexity index is 535. The van der Waals surface area contributed by atoms with E-state index in [9.17, 15) is 0 Å². The minimum Gasteiger partial charge on any atom is -0.405 e. The summed E-state index contributed by atoms with van der Waals surface area (Å²) in [6.07, 6.45) is 7.26. The quantitative estimate of drug-likeness (QED) is 0.765. The molecule has 1 saturated heterocycles. The number of benzene rings is 1. The standard InChI is InChI=1S/C17H26BN3/c1-12-15(3-2-14-4-6-18-17(12)14)8-13-9-21(10-13)11-16(20)5-7-19/h2-3,5,7,13,16,18H,4,6,8-11,19-20H2,1H3/b7-5-. The molecule has 0 aliphatic carbocycles. The molecule has 4 N–H and O–H groups in total. The molecule has 4 heteroatoms. The molecular weight excluding hydrogens is 257 g/mol. The van der Waals surface area contributed by atoms with Crippen LogP contribution in [0.25, 0.3) is 0 Å². The molecule has 1 atom stereocenters. The van der Waals surface area contributed by atoms with Gasteiger partial charge in [-0.15, -0.1) is 0 Å². The molecule has 0 aromatic heterocycles. The van der Waals surface area contributed by atoms with E-state index in [0.29, 0.717) is 0 Å². The Morgan fingerprint density at radius 1 is 1.43 bits per heavy atom. The Kier molecular flexibility index (Phi) is 4.36. The number of nitrogens with zero attached hydrogens (tertiary/aromatic N) is 1. The van der Waals surface area contributed by atoms with Crippen LogP contribution in [0.3, 0.4) is 0 Å². The van der Waals surface area contributed by atoms with Crippen molar-refractivity contribution in [2.75, 3.05) is 19.6 Å². The molecule has 21 heavy (non-hydrogen) atoms. The van der Waals surface area contributed by atoms with E-state index < -0.39 is 0 Å². The summed E-state index contributed by atoms with van der Waals surface area (Å²) in [5, 5.41) is 0. The van der Waals surface area contributed by atoms with Crippen LogP contribution in [-0.4, -0.2) is 37.9 Å². The van der Waals surface area contributed by atoms with E-state index in [1.165, 1.54) is 39.5 Å². The van der Waals surface area contributed by atoms with Crippen molar-refractivity contribution in [2.45, 2.75) is 32.1 Å². The number of hydrogen-bond acceptors (Lipinski definition) is 3. The Morgan fingerprint density at radius 3 is 3.00 bits per heavy atom. The summed E-state index contributed by atoms with van der Waals surface area (Å²) in [7, 11) is 1.28. The normalized spacial score (nSPS) is 20.3. The first kappa shape index (κ1) is 14.7. The van der Waals surface area contributed by atoms with E-state index in [4.69, 9.17) is 11.5 Å². The van der Waals surface area contributed by atoms with Crippen molar-refractivity contribution in [3.63, 3.8) is 0 Å². The molecule has 3 rings (SSSR count). The lowest BCUT2D eigenvalue weighted by molar-refractivity contribution is 0.0982. The molecule has 0 radical (unpaired) electrons. The Labute approximate surface area is 128 Å². The van der Waals surface area contributed by atoms with Crippen molar-refractivity contribution in [1.29, 1.82) is 0 Å². The smallest absolute Gasteiger partial charge is 0.158 e. The molecule has 2 heterocycles. The molecule has 0 bridgehead atoms. The number of nitrogens with two attached hydrogens (primary N) is 2. The molecule has 0 spiro atoms. The zero-order valence-corrected chi connectivity index (χ0v) is 13.0. The highest BCUT2D eigenvalue weighted by molar-refractivity contribution is 6.56. The van der Waals surface area contributed by atoms with Crippen LogP contribution in [0, 0.1) is 12.8 Å². The first-order valence-corrected chi connectivity index (χ1v) is 8.14. The maximum Gasteiger partial charge on any atom is 0.158 e. The fraction of sp³-hybridized carbons (Fsp3) is 0.529. The van der Waals surface area contributed by atoms with E-state index in [1.807, 2.05) is 6.08 Å². The molecular formula is C17H26BN3. The van der Waals surface area contributed by atoms with Crippen LogP contribution in [-0.2, 0) is 12.8 Å². The van der Waals surface area contributed by atoms with Crippen LogP contribution in [0.5, 0.6) is 0 Å². The predicted octanol–water partition coefficient (Wildman–Crippen LogP) is 0.305. The van der Waals surface area contributed by atoms with E-state index in [1.54, 1.807) is 28.4 Å². The third-order valence-electron chi connectivity index (χ3n) is 5.05. The van der Waals surface area contributed by atoms with Crippen LogP contribution in [0.1, 0.15) is 16.7 Å². The molecule has 1 fully saturated rings. The molecule has 1 aromatic carbocycles. The first-order chi connectivity index (χ1) is 10.2.